The van der Waals surface area contributed by atoms with Gasteiger partial charge in [-0.3, -0.25) is 4.68 Å². The molecule has 154 valence electrons. The van der Waals surface area contributed by atoms with Gasteiger partial charge < -0.3 is 15.7 Å². The van der Waals surface area contributed by atoms with Gasteiger partial charge in [0.1, 0.15) is 5.60 Å². The first-order chi connectivity index (χ1) is 13.0. The molecule has 1 aromatic carbocycles. The highest BCUT2D eigenvalue weighted by atomic mass is 127. The van der Waals surface area contributed by atoms with E-state index in [1.165, 1.54) is 24.8 Å². The zero-order valence-corrected chi connectivity index (χ0v) is 19.3. The van der Waals surface area contributed by atoms with Crippen LogP contribution in [-0.2, 0) is 18.1 Å². The lowest BCUT2D eigenvalue weighted by Crippen LogP contribution is -2.49. The molecule has 3 rings (SSSR count). The summed E-state index contributed by atoms with van der Waals surface area (Å²) in [5.41, 5.74) is 1.29. The first-order valence-electron chi connectivity index (χ1n) is 9.74. The molecule has 1 heterocycles. The van der Waals surface area contributed by atoms with Gasteiger partial charge in [0.05, 0.1) is 12.7 Å². The smallest absolute Gasteiger partial charge is 0.191 e. The monoisotopic (exact) mass is 497 g/mol. The highest BCUT2D eigenvalue weighted by Gasteiger charge is 2.38. The van der Waals surface area contributed by atoms with Gasteiger partial charge in [0, 0.05) is 37.3 Å². The predicted molar refractivity (Wildman–Crippen MR) is 124 cm³/mol. The first kappa shape index (κ1) is 22.7. The summed E-state index contributed by atoms with van der Waals surface area (Å²) in [6.07, 6.45) is 7.16. The van der Waals surface area contributed by atoms with Crippen LogP contribution >= 0.6 is 24.0 Å². The average molecular weight is 497 g/mol. The van der Waals surface area contributed by atoms with Crippen molar-refractivity contribution in [2.45, 2.75) is 44.1 Å². The van der Waals surface area contributed by atoms with Crippen molar-refractivity contribution in [1.29, 1.82) is 0 Å². The van der Waals surface area contributed by atoms with E-state index in [2.05, 4.69) is 51.1 Å². The number of aliphatic imine (C=N–C) groups is 1. The maximum Gasteiger partial charge on any atom is 0.191 e. The second-order valence-corrected chi connectivity index (χ2v) is 7.73. The van der Waals surface area contributed by atoms with Gasteiger partial charge in [0.2, 0.25) is 0 Å². The summed E-state index contributed by atoms with van der Waals surface area (Å²) in [6, 6.07) is 10.7. The standard InChI is InChI=1S/C21H31N5O.HI/c1-4-22-19(23-15-20(2,27)18-13-25-26(3)14-18)24-16-21(11-8-12-21)17-9-6-5-7-10-17;/h5-7,9-10,13-14,27H,4,8,11-12,15-16H2,1-3H3,(H2,22,23,24);1H. The van der Waals surface area contributed by atoms with Crippen LogP contribution in [0.3, 0.4) is 0 Å². The molecule has 1 aliphatic carbocycles. The van der Waals surface area contributed by atoms with E-state index in [-0.39, 0.29) is 35.9 Å². The number of nitrogens with one attached hydrogen (secondary N) is 2. The van der Waals surface area contributed by atoms with Gasteiger partial charge in [-0.2, -0.15) is 5.10 Å². The van der Waals surface area contributed by atoms with Crippen molar-refractivity contribution in [3.05, 3.63) is 53.9 Å². The molecule has 2 aromatic rings. The van der Waals surface area contributed by atoms with Crippen LogP contribution in [0, 0.1) is 0 Å². The minimum atomic E-state index is -1.05. The van der Waals surface area contributed by atoms with E-state index in [1.54, 1.807) is 17.8 Å². The molecule has 6 nitrogen and oxygen atoms in total. The fraction of sp³-hybridized carbons (Fsp3) is 0.524. The summed E-state index contributed by atoms with van der Waals surface area (Å²) in [6.45, 7) is 5.71. The fourth-order valence-electron chi connectivity index (χ4n) is 3.58. The number of aryl methyl sites for hydroxylation is 1. The number of benzene rings is 1. The van der Waals surface area contributed by atoms with Gasteiger partial charge in [0.15, 0.2) is 5.96 Å². The maximum atomic E-state index is 10.8. The van der Waals surface area contributed by atoms with Crippen LogP contribution in [0.5, 0.6) is 0 Å². The number of nitrogens with zero attached hydrogens (tertiary/aromatic N) is 3. The third-order valence-corrected chi connectivity index (χ3v) is 5.51. The van der Waals surface area contributed by atoms with Gasteiger partial charge in [-0.15, -0.1) is 24.0 Å². The van der Waals surface area contributed by atoms with E-state index in [0.29, 0.717) is 0 Å². The zero-order chi connectivity index (χ0) is 19.3. The highest BCUT2D eigenvalue weighted by molar-refractivity contribution is 14.0. The summed E-state index contributed by atoms with van der Waals surface area (Å²) in [4.78, 5) is 4.63. The molecule has 1 atom stereocenters. The molecular formula is C21H32IN5O. The molecule has 0 saturated heterocycles. The van der Waals surface area contributed by atoms with E-state index >= 15 is 0 Å². The van der Waals surface area contributed by atoms with Gasteiger partial charge in [-0.25, -0.2) is 4.99 Å². The molecular weight excluding hydrogens is 465 g/mol. The van der Waals surface area contributed by atoms with E-state index in [4.69, 9.17) is 0 Å². The summed E-state index contributed by atoms with van der Waals surface area (Å²) in [5.74, 6) is 0.740. The van der Waals surface area contributed by atoms with E-state index in [1.807, 2.05) is 20.2 Å². The minimum absolute atomic E-state index is 0. The lowest BCUT2D eigenvalue weighted by Gasteiger charge is -2.43. The molecule has 1 fully saturated rings. The number of halogens is 1. The molecule has 0 radical (unpaired) electrons. The Morgan fingerprint density at radius 3 is 2.54 bits per heavy atom. The van der Waals surface area contributed by atoms with Crippen molar-refractivity contribution in [2.75, 3.05) is 19.6 Å². The Labute approximate surface area is 184 Å². The average Bonchev–Trinajstić information content (AvgIpc) is 3.07. The molecule has 0 aliphatic heterocycles. The first-order valence-corrected chi connectivity index (χ1v) is 9.74. The normalized spacial score (nSPS) is 17.8. The van der Waals surface area contributed by atoms with Crippen LogP contribution in [0.4, 0.5) is 0 Å². The second-order valence-electron chi connectivity index (χ2n) is 7.73. The Hall–Kier alpha value is -1.61. The number of aromatic nitrogens is 2. The molecule has 0 amide bonds. The number of rotatable bonds is 7. The number of hydrogen-bond donors (Lipinski definition) is 3. The van der Waals surface area contributed by atoms with Crippen LogP contribution in [-0.4, -0.2) is 40.5 Å². The van der Waals surface area contributed by atoms with Crippen LogP contribution in [0.25, 0.3) is 0 Å². The molecule has 3 N–H and O–H groups in total. The minimum Gasteiger partial charge on any atom is -0.383 e. The van der Waals surface area contributed by atoms with Crippen molar-refractivity contribution in [3.8, 4) is 0 Å². The number of aliphatic hydroxyl groups is 1. The number of guanidine groups is 1. The Bertz CT molecular complexity index is 768. The molecule has 28 heavy (non-hydrogen) atoms. The Balaban J connectivity index is 0.00000280. The molecule has 1 aliphatic rings. The third-order valence-electron chi connectivity index (χ3n) is 5.51. The van der Waals surface area contributed by atoms with Gasteiger partial charge in [-0.1, -0.05) is 36.8 Å². The molecule has 7 heteroatoms. The van der Waals surface area contributed by atoms with Gasteiger partial charge in [-0.05, 0) is 32.3 Å². The number of hydrogen-bond acceptors (Lipinski definition) is 3. The van der Waals surface area contributed by atoms with Crippen LogP contribution in [0.1, 0.15) is 44.2 Å². The van der Waals surface area contributed by atoms with E-state index in [0.717, 1.165) is 24.6 Å². The molecule has 0 bridgehead atoms. The Morgan fingerprint density at radius 1 is 1.29 bits per heavy atom. The van der Waals surface area contributed by atoms with Crippen molar-refractivity contribution in [3.63, 3.8) is 0 Å². The van der Waals surface area contributed by atoms with Crippen LogP contribution in [0.2, 0.25) is 0 Å². The lowest BCUT2D eigenvalue weighted by molar-refractivity contribution is 0.0671. The van der Waals surface area contributed by atoms with Crippen LogP contribution in [0.15, 0.2) is 47.7 Å². The summed E-state index contributed by atoms with van der Waals surface area (Å²) >= 11 is 0. The highest BCUT2D eigenvalue weighted by Crippen LogP contribution is 2.43. The quantitative estimate of drug-likeness (QED) is 0.313. The van der Waals surface area contributed by atoms with Crippen molar-refractivity contribution >= 4 is 29.9 Å². The maximum absolute atomic E-state index is 10.8. The zero-order valence-electron chi connectivity index (χ0n) is 17.0. The second kappa shape index (κ2) is 9.73. The summed E-state index contributed by atoms with van der Waals surface area (Å²) in [5, 5.41) is 21.7. The molecule has 1 unspecified atom stereocenters. The fourth-order valence-corrected chi connectivity index (χ4v) is 3.58. The Kier molecular flexibility index (Phi) is 7.88. The van der Waals surface area contributed by atoms with Crippen molar-refractivity contribution in [1.82, 2.24) is 20.4 Å². The summed E-state index contributed by atoms with van der Waals surface area (Å²) < 4.78 is 1.69. The van der Waals surface area contributed by atoms with Crippen molar-refractivity contribution in [2.24, 2.45) is 12.0 Å². The molecule has 1 aromatic heterocycles. The topological polar surface area (TPSA) is 74.5 Å². The van der Waals surface area contributed by atoms with Crippen LogP contribution < -0.4 is 10.6 Å². The third kappa shape index (κ3) is 5.26. The Morgan fingerprint density at radius 2 is 2.00 bits per heavy atom. The van der Waals surface area contributed by atoms with E-state index in [9.17, 15) is 5.11 Å². The van der Waals surface area contributed by atoms with E-state index < -0.39 is 5.60 Å². The molecule has 1 saturated carbocycles. The predicted octanol–water partition coefficient (Wildman–Crippen LogP) is 2.92. The SMILES string of the molecule is CCNC(=NCC(C)(O)c1cnn(C)c1)NCC1(c2ccccc2)CCC1.I. The molecule has 0 spiro atoms. The lowest BCUT2D eigenvalue weighted by atomic mass is 9.64. The van der Waals surface area contributed by atoms with Gasteiger partial charge >= 0.3 is 0 Å². The summed E-state index contributed by atoms with van der Waals surface area (Å²) in [7, 11) is 1.84. The van der Waals surface area contributed by atoms with Crippen molar-refractivity contribution < 1.29 is 5.11 Å². The largest absolute Gasteiger partial charge is 0.383 e. The van der Waals surface area contributed by atoms with Gasteiger partial charge in [0.25, 0.3) is 0 Å².